The monoisotopic (exact) mass is 415 g/mol. The second-order valence-electron chi connectivity index (χ2n) is 8.66. The number of nitrogens with zero attached hydrogens (tertiary/aromatic N) is 1. The fraction of sp³-hybridized carbons (Fsp3) is 0.414. The van der Waals surface area contributed by atoms with Crippen molar-refractivity contribution < 1.29 is 4.79 Å². The Morgan fingerprint density at radius 3 is 1.48 bits per heavy atom. The van der Waals surface area contributed by atoms with Crippen LogP contribution in [0.1, 0.15) is 68.7 Å². The Labute approximate surface area is 188 Å². The zero-order chi connectivity index (χ0) is 22.1. The molecule has 2 nitrogen and oxygen atoms in total. The van der Waals surface area contributed by atoms with Gasteiger partial charge in [0.1, 0.15) is 0 Å². The molecule has 1 saturated heterocycles. The van der Waals surface area contributed by atoms with Crippen LogP contribution >= 0.6 is 0 Å². The second-order valence-corrected chi connectivity index (χ2v) is 8.66. The Bertz CT molecular complexity index is 829. The Hall–Kier alpha value is -2.45. The smallest absolute Gasteiger partial charge is 0.187 e. The van der Waals surface area contributed by atoms with Crippen LogP contribution in [0.5, 0.6) is 0 Å². The molecule has 0 spiro atoms. The number of hydrogen-bond donors (Lipinski definition) is 0. The van der Waals surface area contributed by atoms with E-state index >= 15 is 0 Å². The van der Waals surface area contributed by atoms with Gasteiger partial charge in [-0.25, -0.2) is 0 Å². The summed E-state index contributed by atoms with van der Waals surface area (Å²) in [6.45, 7) is 8.99. The zero-order valence-corrected chi connectivity index (χ0v) is 19.5. The molecule has 2 aromatic rings. The average molecular weight is 416 g/mol. The molecule has 0 aliphatic carbocycles. The zero-order valence-electron chi connectivity index (χ0n) is 19.5. The minimum absolute atomic E-state index is 0.190. The lowest BCUT2D eigenvalue weighted by molar-refractivity contribution is -0.113. The number of likely N-dealkylation sites (N-methyl/N-ethyl adjacent to an activating group) is 1. The lowest BCUT2D eigenvalue weighted by atomic mass is 9.93. The first kappa shape index (κ1) is 23.2. The summed E-state index contributed by atoms with van der Waals surface area (Å²) in [5.74, 6) is 0.190. The van der Waals surface area contributed by atoms with Gasteiger partial charge in [0, 0.05) is 24.2 Å². The molecular formula is C29H37NO. The van der Waals surface area contributed by atoms with E-state index in [9.17, 15) is 4.79 Å². The number of benzene rings is 2. The van der Waals surface area contributed by atoms with E-state index in [1.807, 2.05) is 0 Å². The molecule has 3 rings (SSSR count). The molecule has 1 heterocycles. The van der Waals surface area contributed by atoms with Gasteiger partial charge in [0.2, 0.25) is 0 Å². The summed E-state index contributed by atoms with van der Waals surface area (Å²) in [5.41, 5.74) is 6.75. The fourth-order valence-corrected chi connectivity index (χ4v) is 4.06. The van der Waals surface area contributed by atoms with Gasteiger partial charge in [-0.2, -0.15) is 0 Å². The third kappa shape index (κ3) is 6.77. The van der Waals surface area contributed by atoms with Crippen molar-refractivity contribution in [3.05, 3.63) is 81.9 Å². The van der Waals surface area contributed by atoms with Crippen LogP contribution < -0.4 is 0 Å². The first-order chi connectivity index (χ1) is 15.1. The van der Waals surface area contributed by atoms with Crippen LogP contribution in [0.4, 0.5) is 0 Å². The van der Waals surface area contributed by atoms with E-state index in [2.05, 4.69) is 86.4 Å². The van der Waals surface area contributed by atoms with Crippen molar-refractivity contribution in [1.82, 2.24) is 4.90 Å². The van der Waals surface area contributed by atoms with Gasteiger partial charge in [0.25, 0.3) is 0 Å². The quantitative estimate of drug-likeness (QED) is 0.423. The molecule has 2 aromatic carbocycles. The van der Waals surface area contributed by atoms with Crippen molar-refractivity contribution in [3.63, 3.8) is 0 Å². The average Bonchev–Trinajstić information content (AvgIpc) is 2.80. The minimum Gasteiger partial charge on any atom is -0.295 e. The number of carbonyl (C=O) groups is 1. The maximum absolute atomic E-state index is 13.2. The number of carbonyl (C=O) groups excluding carboxylic acids is 1. The number of hydrogen-bond acceptors (Lipinski definition) is 2. The lowest BCUT2D eigenvalue weighted by Gasteiger charge is -2.28. The highest BCUT2D eigenvalue weighted by Crippen LogP contribution is 2.22. The summed E-state index contributed by atoms with van der Waals surface area (Å²) in [4.78, 5) is 15.6. The molecule has 0 saturated carbocycles. The summed E-state index contributed by atoms with van der Waals surface area (Å²) >= 11 is 0. The van der Waals surface area contributed by atoms with Gasteiger partial charge in [0.15, 0.2) is 5.78 Å². The Morgan fingerprint density at radius 1 is 0.710 bits per heavy atom. The van der Waals surface area contributed by atoms with E-state index in [-0.39, 0.29) is 5.78 Å². The Balaban J connectivity index is 1.78. The highest BCUT2D eigenvalue weighted by Gasteiger charge is 2.25. The highest BCUT2D eigenvalue weighted by molar-refractivity contribution is 6.14. The molecule has 1 fully saturated rings. The molecule has 0 N–H and O–H groups in total. The standard InChI is InChI=1S/C29H37NO/c1-4-7-9-23-11-15-25(16-12-23)19-27-21-30(6-3)22-28(29(27)31)20-26-17-13-24(14-18-26)10-8-5-2/h11-20H,4-10,21-22H2,1-3H3. The molecule has 2 heteroatoms. The maximum Gasteiger partial charge on any atom is 0.187 e. The predicted octanol–water partition coefficient (Wildman–Crippen LogP) is 6.74. The first-order valence-corrected chi connectivity index (χ1v) is 12.0. The van der Waals surface area contributed by atoms with Crippen LogP contribution in [0.15, 0.2) is 59.7 Å². The molecule has 0 radical (unpaired) electrons. The number of likely N-dealkylation sites (tertiary alicyclic amines) is 1. The van der Waals surface area contributed by atoms with Crippen LogP contribution in [-0.4, -0.2) is 30.3 Å². The summed E-state index contributed by atoms with van der Waals surface area (Å²) < 4.78 is 0. The van der Waals surface area contributed by atoms with Gasteiger partial charge < -0.3 is 0 Å². The summed E-state index contributed by atoms with van der Waals surface area (Å²) in [6, 6.07) is 17.4. The largest absolute Gasteiger partial charge is 0.295 e. The third-order valence-corrected chi connectivity index (χ3v) is 6.10. The lowest BCUT2D eigenvalue weighted by Crippen LogP contribution is -2.37. The molecule has 0 amide bonds. The number of rotatable bonds is 9. The van der Waals surface area contributed by atoms with E-state index in [4.69, 9.17) is 0 Å². The SMILES string of the molecule is CCCCc1ccc(C=C2CN(CC)CC(=Cc3ccc(CCCC)cc3)C2=O)cc1. The van der Waals surface area contributed by atoms with Crippen molar-refractivity contribution in [2.75, 3.05) is 19.6 Å². The molecule has 0 atom stereocenters. The minimum atomic E-state index is 0.190. The molecule has 1 aliphatic heterocycles. The number of ketones is 1. The normalized spacial score (nSPS) is 17.6. The van der Waals surface area contributed by atoms with Crippen LogP contribution in [0.2, 0.25) is 0 Å². The van der Waals surface area contributed by atoms with Crippen molar-refractivity contribution in [2.45, 2.75) is 59.3 Å². The summed E-state index contributed by atoms with van der Waals surface area (Å²) in [6.07, 6.45) is 11.3. The summed E-state index contributed by atoms with van der Waals surface area (Å²) in [7, 11) is 0. The van der Waals surface area contributed by atoms with E-state index in [1.165, 1.54) is 36.8 Å². The molecular weight excluding hydrogens is 378 g/mol. The van der Waals surface area contributed by atoms with E-state index in [0.29, 0.717) is 0 Å². The van der Waals surface area contributed by atoms with Crippen molar-refractivity contribution in [2.24, 2.45) is 0 Å². The van der Waals surface area contributed by atoms with E-state index in [1.54, 1.807) is 0 Å². The molecule has 0 aromatic heterocycles. The molecule has 0 unspecified atom stereocenters. The van der Waals surface area contributed by atoms with Gasteiger partial charge >= 0.3 is 0 Å². The van der Waals surface area contributed by atoms with Crippen molar-refractivity contribution in [1.29, 1.82) is 0 Å². The Morgan fingerprint density at radius 2 is 1.13 bits per heavy atom. The molecule has 164 valence electrons. The van der Waals surface area contributed by atoms with Gasteiger partial charge in [-0.05, 0) is 66.6 Å². The van der Waals surface area contributed by atoms with Crippen LogP contribution in [-0.2, 0) is 17.6 Å². The van der Waals surface area contributed by atoms with Gasteiger partial charge in [-0.1, -0.05) is 82.1 Å². The van der Waals surface area contributed by atoms with Gasteiger partial charge in [0.05, 0.1) is 0 Å². The van der Waals surface area contributed by atoms with Gasteiger partial charge in [-0.15, -0.1) is 0 Å². The van der Waals surface area contributed by atoms with Crippen LogP contribution in [0, 0.1) is 0 Å². The van der Waals surface area contributed by atoms with Gasteiger partial charge in [-0.3, -0.25) is 9.69 Å². The number of aryl methyl sites for hydroxylation is 2. The fourth-order valence-electron chi connectivity index (χ4n) is 4.06. The van der Waals surface area contributed by atoms with Crippen LogP contribution in [0.25, 0.3) is 12.2 Å². The first-order valence-electron chi connectivity index (χ1n) is 12.0. The second kappa shape index (κ2) is 11.8. The molecule has 31 heavy (non-hydrogen) atoms. The number of piperidine rings is 1. The predicted molar refractivity (Wildman–Crippen MR) is 133 cm³/mol. The Kier molecular flexibility index (Phi) is 8.85. The summed E-state index contributed by atoms with van der Waals surface area (Å²) in [5, 5.41) is 0. The number of Topliss-reactive ketones (excluding diaryl/α,β-unsaturated/α-hetero) is 1. The topological polar surface area (TPSA) is 20.3 Å². The van der Waals surface area contributed by atoms with Crippen LogP contribution in [0.3, 0.4) is 0 Å². The van der Waals surface area contributed by atoms with E-state index < -0.39 is 0 Å². The molecule has 1 aliphatic rings. The third-order valence-electron chi connectivity index (χ3n) is 6.10. The molecule has 0 bridgehead atoms. The maximum atomic E-state index is 13.2. The van der Waals surface area contributed by atoms with Crippen molar-refractivity contribution >= 4 is 17.9 Å². The highest BCUT2D eigenvalue weighted by atomic mass is 16.1. The number of unbranched alkanes of at least 4 members (excludes halogenated alkanes) is 2. The van der Waals surface area contributed by atoms with E-state index in [0.717, 1.165) is 54.7 Å². The van der Waals surface area contributed by atoms with Crippen molar-refractivity contribution in [3.8, 4) is 0 Å².